The van der Waals surface area contributed by atoms with Crippen LogP contribution in [-0.2, 0) is 6.18 Å². The molecule has 1 aromatic carbocycles. The molecule has 3 rings (SSSR count). The van der Waals surface area contributed by atoms with Crippen molar-refractivity contribution in [2.45, 2.75) is 32.1 Å². The van der Waals surface area contributed by atoms with E-state index in [1.54, 1.807) is 30.1 Å². The van der Waals surface area contributed by atoms with Crippen molar-refractivity contribution in [3.8, 4) is 0 Å². The predicted octanol–water partition coefficient (Wildman–Crippen LogP) is 5.42. The van der Waals surface area contributed by atoms with Gasteiger partial charge in [0, 0.05) is 25.5 Å². The number of halogens is 5. The summed E-state index contributed by atoms with van der Waals surface area (Å²) in [6.07, 6.45) is -2.17. The van der Waals surface area contributed by atoms with Gasteiger partial charge in [-0.3, -0.25) is 4.90 Å². The van der Waals surface area contributed by atoms with E-state index in [2.05, 4.69) is 20.2 Å². The van der Waals surface area contributed by atoms with Gasteiger partial charge < -0.3 is 10.2 Å². The van der Waals surface area contributed by atoms with Crippen molar-refractivity contribution in [1.29, 1.82) is 0 Å². The molecule has 1 atom stereocenters. The van der Waals surface area contributed by atoms with Crippen LogP contribution in [0.4, 0.5) is 30.6 Å². The van der Waals surface area contributed by atoms with Gasteiger partial charge in [0.15, 0.2) is 0 Å². The molecule has 0 aliphatic carbocycles. The first kappa shape index (κ1) is 21.0. The van der Waals surface area contributed by atoms with E-state index in [0.717, 1.165) is 32.1 Å². The fraction of sp³-hybridized carbons (Fsp3) is 0.444. The van der Waals surface area contributed by atoms with Gasteiger partial charge in [0.1, 0.15) is 11.4 Å². The fourth-order valence-corrected chi connectivity index (χ4v) is 3.66. The lowest BCUT2D eigenvalue weighted by molar-refractivity contribution is -0.137. The molecule has 1 aromatic heterocycles. The maximum Gasteiger partial charge on any atom is 0.421 e. The zero-order chi connectivity index (χ0) is 20.5. The SMILES string of the molecule is CCN1CCCC1N(C)c1nc(Nc2ccc(Cl)c(Cl)c2)ncc1C(F)(F)F. The van der Waals surface area contributed by atoms with Gasteiger partial charge in [-0.25, -0.2) is 4.98 Å². The number of nitrogens with one attached hydrogen (secondary N) is 1. The third-order valence-electron chi connectivity index (χ3n) is 4.77. The van der Waals surface area contributed by atoms with Crippen LogP contribution >= 0.6 is 23.2 Å². The highest BCUT2D eigenvalue weighted by Crippen LogP contribution is 2.37. The van der Waals surface area contributed by atoms with E-state index in [4.69, 9.17) is 23.2 Å². The number of rotatable bonds is 5. The Morgan fingerprint density at radius 1 is 1.29 bits per heavy atom. The van der Waals surface area contributed by atoms with Gasteiger partial charge in [-0.2, -0.15) is 18.2 Å². The smallest absolute Gasteiger partial charge is 0.343 e. The number of hydrogen-bond acceptors (Lipinski definition) is 5. The van der Waals surface area contributed by atoms with Crippen LogP contribution in [0.3, 0.4) is 0 Å². The first-order chi connectivity index (χ1) is 13.2. The number of hydrogen-bond donors (Lipinski definition) is 1. The van der Waals surface area contributed by atoms with Gasteiger partial charge in [0.05, 0.1) is 16.2 Å². The quantitative estimate of drug-likeness (QED) is 0.681. The summed E-state index contributed by atoms with van der Waals surface area (Å²) in [6.45, 7) is 3.61. The molecule has 2 heterocycles. The Labute approximate surface area is 171 Å². The molecule has 1 fully saturated rings. The summed E-state index contributed by atoms with van der Waals surface area (Å²) < 4.78 is 40.7. The van der Waals surface area contributed by atoms with E-state index in [1.165, 1.54) is 0 Å². The normalized spacial score (nSPS) is 17.8. The molecule has 1 saturated heterocycles. The Hall–Kier alpha value is -1.77. The van der Waals surface area contributed by atoms with Gasteiger partial charge in [0.25, 0.3) is 0 Å². The third kappa shape index (κ3) is 4.45. The topological polar surface area (TPSA) is 44.3 Å². The molecule has 1 N–H and O–H groups in total. The third-order valence-corrected chi connectivity index (χ3v) is 5.51. The fourth-order valence-electron chi connectivity index (χ4n) is 3.36. The van der Waals surface area contributed by atoms with E-state index < -0.39 is 11.7 Å². The van der Waals surface area contributed by atoms with Gasteiger partial charge in [-0.1, -0.05) is 30.1 Å². The molecule has 0 radical (unpaired) electrons. The molecular formula is C18H20Cl2F3N5. The summed E-state index contributed by atoms with van der Waals surface area (Å²) in [5.41, 5.74) is -0.337. The Kier molecular flexibility index (Phi) is 6.21. The van der Waals surface area contributed by atoms with Crippen LogP contribution in [-0.4, -0.2) is 41.2 Å². The van der Waals surface area contributed by atoms with Gasteiger partial charge in [0.2, 0.25) is 5.95 Å². The molecule has 0 amide bonds. The average Bonchev–Trinajstić information content (AvgIpc) is 3.12. The van der Waals surface area contributed by atoms with E-state index in [-0.39, 0.29) is 17.9 Å². The number of likely N-dealkylation sites (tertiary alicyclic amines) is 1. The monoisotopic (exact) mass is 433 g/mol. The van der Waals surface area contributed by atoms with Crippen LogP contribution in [0.15, 0.2) is 24.4 Å². The van der Waals surface area contributed by atoms with Crippen LogP contribution in [0.5, 0.6) is 0 Å². The Morgan fingerprint density at radius 2 is 2.04 bits per heavy atom. The number of alkyl halides is 3. The van der Waals surface area contributed by atoms with Crippen molar-refractivity contribution >= 4 is 40.7 Å². The number of aromatic nitrogens is 2. The van der Waals surface area contributed by atoms with Crippen molar-refractivity contribution in [3.63, 3.8) is 0 Å². The van der Waals surface area contributed by atoms with E-state index in [1.807, 2.05) is 6.92 Å². The number of anilines is 3. The van der Waals surface area contributed by atoms with Gasteiger partial charge in [-0.15, -0.1) is 0 Å². The van der Waals surface area contributed by atoms with Gasteiger partial charge in [-0.05, 0) is 37.6 Å². The van der Waals surface area contributed by atoms with Crippen molar-refractivity contribution in [1.82, 2.24) is 14.9 Å². The summed E-state index contributed by atoms with van der Waals surface area (Å²) in [5, 5.41) is 3.59. The second kappa shape index (κ2) is 8.31. The predicted molar refractivity (Wildman–Crippen MR) is 105 cm³/mol. The lowest BCUT2D eigenvalue weighted by Gasteiger charge is -2.33. The zero-order valence-corrected chi connectivity index (χ0v) is 16.9. The van der Waals surface area contributed by atoms with Crippen molar-refractivity contribution in [3.05, 3.63) is 40.0 Å². The molecule has 0 saturated carbocycles. The minimum absolute atomic E-state index is 0.0503. The second-order valence-corrected chi connectivity index (χ2v) is 7.36. The number of nitrogens with zero attached hydrogens (tertiary/aromatic N) is 4. The van der Waals surface area contributed by atoms with E-state index in [9.17, 15) is 13.2 Å². The summed E-state index contributed by atoms with van der Waals surface area (Å²) in [4.78, 5) is 11.7. The van der Waals surface area contributed by atoms with Crippen LogP contribution in [0.1, 0.15) is 25.3 Å². The molecule has 5 nitrogen and oxygen atoms in total. The highest BCUT2D eigenvalue weighted by Gasteiger charge is 2.38. The zero-order valence-electron chi connectivity index (χ0n) is 15.4. The Balaban J connectivity index is 1.96. The van der Waals surface area contributed by atoms with Crippen molar-refractivity contribution in [2.24, 2.45) is 0 Å². The summed E-state index contributed by atoms with van der Waals surface area (Å²) in [7, 11) is 1.64. The first-order valence-corrected chi connectivity index (χ1v) is 9.59. The molecule has 0 bridgehead atoms. The maximum absolute atomic E-state index is 13.6. The lowest BCUT2D eigenvalue weighted by atomic mass is 10.2. The van der Waals surface area contributed by atoms with Gasteiger partial charge >= 0.3 is 6.18 Å². The van der Waals surface area contributed by atoms with Crippen LogP contribution in [0.2, 0.25) is 10.0 Å². The van der Waals surface area contributed by atoms with Crippen LogP contribution in [0.25, 0.3) is 0 Å². The lowest BCUT2D eigenvalue weighted by Crippen LogP contribution is -2.43. The molecule has 152 valence electrons. The molecular weight excluding hydrogens is 414 g/mol. The average molecular weight is 434 g/mol. The minimum Gasteiger partial charge on any atom is -0.343 e. The summed E-state index contributed by atoms with van der Waals surface area (Å²) >= 11 is 11.9. The molecule has 1 aliphatic rings. The first-order valence-electron chi connectivity index (χ1n) is 8.84. The van der Waals surface area contributed by atoms with E-state index >= 15 is 0 Å². The maximum atomic E-state index is 13.6. The standard InChI is InChI=1S/C18H20Cl2F3N5/c1-3-28-8-4-5-15(28)27(2)16-12(18(21,22)23)10-24-17(26-16)25-11-6-7-13(19)14(20)9-11/h6-7,9-10,15H,3-5,8H2,1-2H3,(H,24,25,26). The molecule has 28 heavy (non-hydrogen) atoms. The molecule has 0 spiro atoms. The molecule has 1 unspecified atom stereocenters. The molecule has 2 aromatic rings. The molecule has 1 aliphatic heterocycles. The summed E-state index contributed by atoms with van der Waals surface area (Å²) in [6, 6.07) is 4.79. The highest BCUT2D eigenvalue weighted by molar-refractivity contribution is 6.42. The largest absolute Gasteiger partial charge is 0.421 e. The van der Waals surface area contributed by atoms with Crippen molar-refractivity contribution < 1.29 is 13.2 Å². The second-order valence-electron chi connectivity index (χ2n) is 6.54. The van der Waals surface area contributed by atoms with Crippen LogP contribution < -0.4 is 10.2 Å². The van der Waals surface area contributed by atoms with Crippen LogP contribution in [0, 0.1) is 0 Å². The number of benzene rings is 1. The summed E-state index contributed by atoms with van der Waals surface area (Å²) in [5.74, 6) is -0.107. The molecule has 10 heteroatoms. The van der Waals surface area contributed by atoms with E-state index in [0.29, 0.717) is 15.7 Å². The Bertz CT molecular complexity index is 846. The highest BCUT2D eigenvalue weighted by atomic mass is 35.5. The minimum atomic E-state index is -4.55. The Morgan fingerprint density at radius 3 is 2.68 bits per heavy atom. The van der Waals surface area contributed by atoms with Crippen molar-refractivity contribution in [2.75, 3.05) is 30.4 Å².